The van der Waals surface area contributed by atoms with Gasteiger partial charge in [0.25, 0.3) is 0 Å². The maximum absolute atomic E-state index is 11.6. The van der Waals surface area contributed by atoms with Crippen LogP contribution in [0.2, 0.25) is 0 Å². The predicted octanol–water partition coefficient (Wildman–Crippen LogP) is 0.690. The summed E-state index contributed by atoms with van der Waals surface area (Å²) < 4.78 is 5.02. The van der Waals surface area contributed by atoms with E-state index in [1.165, 1.54) is 0 Å². The van der Waals surface area contributed by atoms with Crippen LogP contribution in [0.1, 0.15) is 33.6 Å². The second-order valence-electron chi connectivity index (χ2n) is 5.73. The summed E-state index contributed by atoms with van der Waals surface area (Å²) in [4.78, 5) is 23.2. The van der Waals surface area contributed by atoms with Gasteiger partial charge in [-0.05, 0) is 26.2 Å². The normalized spacial score (nSPS) is 22.4. The summed E-state index contributed by atoms with van der Waals surface area (Å²) >= 11 is 0. The molecule has 0 saturated heterocycles. The molecule has 0 bridgehead atoms. The number of hydrogen-bond donors (Lipinski definition) is 2. The van der Waals surface area contributed by atoms with Crippen LogP contribution in [-0.2, 0) is 14.3 Å². The number of ether oxygens (including phenoxy) is 1. The van der Waals surface area contributed by atoms with Crippen molar-refractivity contribution in [2.45, 2.75) is 39.2 Å². The number of hydrogen-bond acceptors (Lipinski definition) is 3. The van der Waals surface area contributed by atoms with Gasteiger partial charge in [0.15, 0.2) is 0 Å². The van der Waals surface area contributed by atoms with Gasteiger partial charge in [-0.1, -0.05) is 6.92 Å². The smallest absolute Gasteiger partial charge is 0.223 e. The first-order valence-corrected chi connectivity index (χ1v) is 6.43. The SMILES string of the molecule is COCC(C)(C)NC(=O)CCNC(=O)[C@@H]1C[C@@H]1C. The van der Waals surface area contributed by atoms with Gasteiger partial charge in [0.1, 0.15) is 0 Å². The van der Waals surface area contributed by atoms with E-state index in [-0.39, 0.29) is 23.3 Å². The molecule has 0 aromatic heterocycles. The monoisotopic (exact) mass is 256 g/mol. The molecule has 0 aliphatic heterocycles. The molecule has 0 unspecified atom stereocenters. The van der Waals surface area contributed by atoms with E-state index in [1.807, 2.05) is 13.8 Å². The lowest BCUT2D eigenvalue weighted by molar-refractivity contribution is -0.124. The van der Waals surface area contributed by atoms with Gasteiger partial charge in [0.05, 0.1) is 12.1 Å². The summed E-state index contributed by atoms with van der Waals surface area (Å²) in [7, 11) is 1.60. The lowest BCUT2D eigenvalue weighted by Gasteiger charge is -2.25. The zero-order chi connectivity index (χ0) is 13.8. The third kappa shape index (κ3) is 5.04. The highest BCUT2D eigenvalue weighted by atomic mass is 16.5. The Morgan fingerprint density at radius 1 is 1.39 bits per heavy atom. The minimum atomic E-state index is -0.374. The van der Waals surface area contributed by atoms with Gasteiger partial charge in [0, 0.05) is 26.0 Å². The Hall–Kier alpha value is -1.10. The lowest BCUT2D eigenvalue weighted by Crippen LogP contribution is -2.47. The Kier molecular flexibility index (Phi) is 5.14. The van der Waals surface area contributed by atoms with E-state index >= 15 is 0 Å². The number of amides is 2. The fourth-order valence-electron chi connectivity index (χ4n) is 1.95. The molecule has 5 nitrogen and oxygen atoms in total. The Morgan fingerprint density at radius 3 is 2.50 bits per heavy atom. The highest BCUT2D eigenvalue weighted by Crippen LogP contribution is 2.37. The first-order chi connectivity index (χ1) is 8.35. The first kappa shape index (κ1) is 15.0. The standard InChI is InChI=1S/C13H24N2O3/c1-9-7-10(9)12(17)14-6-5-11(16)15-13(2,3)8-18-4/h9-10H,5-8H2,1-4H3,(H,14,17)(H,15,16)/t9-,10+/m0/s1. The van der Waals surface area contributed by atoms with Crippen molar-refractivity contribution in [3.05, 3.63) is 0 Å². The summed E-state index contributed by atoms with van der Waals surface area (Å²) in [6.45, 7) is 6.73. The van der Waals surface area contributed by atoms with Gasteiger partial charge in [-0.3, -0.25) is 9.59 Å². The Labute approximate surface area is 109 Å². The maximum atomic E-state index is 11.6. The van der Waals surface area contributed by atoms with E-state index in [2.05, 4.69) is 17.6 Å². The molecule has 2 N–H and O–H groups in total. The average molecular weight is 256 g/mol. The molecule has 0 aromatic carbocycles. The minimum absolute atomic E-state index is 0.0683. The van der Waals surface area contributed by atoms with Crippen molar-refractivity contribution in [3.63, 3.8) is 0 Å². The van der Waals surface area contributed by atoms with Crippen LogP contribution in [0.3, 0.4) is 0 Å². The second kappa shape index (κ2) is 6.18. The average Bonchev–Trinajstić information content (AvgIpc) is 2.94. The molecular weight excluding hydrogens is 232 g/mol. The molecule has 1 aliphatic rings. The van der Waals surface area contributed by atoms with E-state index in [1.54, 1.807) is 7.11 Å². The Morgan fingerprint density at radius 2 is 2.00 bits per heavy atom. The molecule has 0 heterocycles. The van der Waals surface area contributed by atoms with Crippen molar-refractivity contribution < 1.29 is 14.3 Å². The summed E-state index contributed by atoms with van der Waals surface area (Å²) in [6, 6.07) is 0. The van der Waals surface area contributed by atoms with Crippen molar-refractivity contribution in [3.8, 4) is 0 Å². The van der Waals surface area contributed by atoms with E-state index < -0.39 is 0 Å². The zero-order valence-electron chi connectivity index (χ0n) is 11.7. The van der Waals surface area contributed by atoms with Gasteiger partial charge >= 0.3 is 0 Å². The highest BCUT2D eigenvalue weighted by Gasteiger charge is 2.38. The van der Waals surface area contributed by atoms with E-state index in [0.29, 0.717) is 25.5 Å². The fourth-order valence-corrected chi connectivity index (χ4v) is 1.95. The van der Waals surface area contributed by atoms with E-state index in [9.17, 15) is 9.59 Å². The number of rotatable bonds is 7. The molecule has 5 heteroatoms. The summed E-state index contributed by atoms with van der Waals surface area (Å²) in [5.74, 6) is 0.671. The second-order valence-corrected chi connectivity index (χ2v) is 5.73. The molecule has 2 amide bonds. The molecule has 104 valence electrons. The largest absolute Gasteiger partial charge is 0.382 e. The molecule has 1 saturated carbocycles. The fraction of sp³-hybridized carbons (Fsp3) is 0.846. The summed E-state index contributed by atoms with van der Waals surface area (Å²) in [6.07, 6.45) is 1.28. The molecule has 1 fully saturated rings. The van der Waals surface area contributed by atoms with Crippen LogP contribution in [0.15, 0.2) is 0 Å². The van der Waals surface area contributed by atoms with Crippen molar-refractivity contribution in [2.75, 3.05) is 20.3 Å². The van der Waals surface area contributed by atoms with Crippen LogP contribution >= 0.6 is 0 Å². The van der Waals surface area contributed by atoms with Gasteiger partial charge < -0.3 is 15.4 Å². The van der Waals surface area contributed by atoms with Gasteiger partial charge in [-0.25, -0.2) is 0 Å². The maximum Gasteiger partial charge on any atom is 0.223 e. The van der Waals surface area contributed by atoms with Gasteiger partial charge in [-0.2, -0.15) is 0 Å². The van der Waals surface area contributed by atoms with Crippen LogP contribution < -0.4 is 10.6 Å². The van der Waals surface area contributed by atoms with Crippen molar-refractivity contribution >= 4 is 11.8 Å². The molecule has 0 aromatic rings. The minimum Gasteiger partial charge on any atom is -0.382 e. The quantitative estimate of drug-likeness (QED) is 0.704. The number of carbonyl (C=O) groups excluding carboxylic acids is 2. The predicted molar refractivity (Wildman–Crippen MR) is 69.0 cm³/mol. The van der Waals surface area contributed by atoms with Crippen LogP contribution in [-0.4, -0.2) is 37.6 Å². The number of nitrogens with one attached hydrogen (secondary N) is 2. The molecule has 1 rings (SSSR count). The number of carbonyl (C=O) groups is 2. The lowest BCUT2D eigenvalue weighted by atomic mass is 10.1. The Bertz CT molecular complexity index is 315. The van der Waals surface area contributed by atoms with E-state index in [4.69, 9.17) is 4.74 Å². The van der Waals surface area contributed by atoms with E-state index in [0.717, 1.165) is 6.42 Å². The molecule has 2 atom stereocenters. The van der Waals surface area contributed by atoms with Crippen LogP contribution in [0.4, 0.5) is 0 Å². The molecule has 18 heavy (non-hydrogen) atoms. The van der Waals surface area contributed by atoms with Gasteiger partial charge in [0.2, 0.25) is 11.8 Å². The van der Waals surface area contributed by atoms with Gasteiger partial charge in [-0.15, -0.1) is 0 Å². The summed E-state index contributed by atoms with van der Waals surface area (Å²) in [5, 5.41) is 5.66. The molecular formula is C13H24N2O3. The molecule has 0 radical (unpaired) electrons. The zero-order valence-corrected chi connectivity index (χ0v) is 11.7. The summed E-state index contributed by atoms with van der Waals surface area (Å²) in [5.41, 5.74) is -0.374. The van der Waals surface area contributed by atoms with Crippen LogP contribution in [0.25, 0.3) is 0 Å². The number of methoxy groups -OCH3 is 1. The van der Waals surface area contributed by atoms with Crippen LogP contribution in [0.5, 0.6) is 0 Å². The molecule has 0 spiro atoms. The van der Waals surface area contributed by atoms with Crippen molar-refractivity contribution in [1.82, 2.24) is 10.6 Å². The van der Waals surface area contributed by atoms with Crippen molar-refractivity contribution in [2.24, 2.45) is 11.8 Å². The van der Waals surface area contributed by atoms with Crippen molar-refractivity contribution in [1.29, 1.82) is 0 Å². The highest BCUT2D eigenvalue weighted by molar-refractivity contribution is 5.82. The third-order valence-corrected chi connectivity index (χ3v) is 3.08. The molecule has 1 aliphatic carbocycles. The third-order valence-electron chi connectivity index (χ3n) is 3.08. The first-order valence-electron chi connectivity index (χ1n) is 6.43. The Balaban J connectivity index is 2.15. The van der Waals surface area contributed by atoms with Crippen LogP contribution in [0, 0.1) is 11.8 Å². The topological polar surface area (TPSA) is 67.4 Å².